The number of ether oxygens (including phenoxy) is 1. The summed E-state index contributed by atoms with van der Waals surface area (Å²) >= 11 is 0. The van der Waals surface area contributed by atoms with Gasteiger partial charge in [0, 0.05) is 12.2 Å². The van der Waals surface area contributed by atoms with Gasteiger partial charge < -0.3 is 4.74 Å². The largest absolute Gasteiger partial charge is 0.373 e. The molecule has 1 saturated heterocycles. The minimum Gasteiger partial charge on any atom is -0.373 e. The molecule has 0 radical (unpaired) electrons. The smallest absolute Gasteiger partial charge is 0.157 e. The second-order valence-corrected chi connectivity index (χ2v) is 12.9. The molecule has 0 aromatic carbocycles. The van der Waals surface area contributed by atoms with Crippen LogP contribution in [0.25, 0.3) is 0 Å². The normalized spacial score (nSPS) is 21.3. The van der Waals surface area contributed by atoms with Crippen LogP contribution in [-0.4, -0.2) is 26.6 Å². The van der Waals surface area contributed by atoms with Crippen molar-refractivity contribution >= 4 is 13.9 Å². The standard InChI is InChI=1S/C17H32O2Si/c1-12(2)20(13(3)4,14(5)6)11-16(15(7)18)17-9-8-10-19-17/h11-14,17H,8-10H2,1-7H3/b16-11+. The van der Waals surface area contributed by atoms with Gasteiger partial charge in [-0.3, -0.25) is 4.79 Å². The average Bonchev–Trinajstić information content (AvgIpc) is 2.81. The molecule has 1 unspecified atom stereocenters. The van der Waals surface area contributed by atoms with Gasteiger partial charge >= 0.3 is 0 Å². The molecule has 1 aliphatic heterocycles. The molecule has 1 aliphatic rings. The Balaban J connectivity index is 3.29. The molecule has 0 saturated carbocycles. The van der Waals surface area contributed by atoms with Crippen LogP contribution in [0.15, 0.2) is 11.3 Å². The SMILES string of the molecule is CC(=O)/C(=C\[Si](C(C)C)(C(C)C)C(C)C)C1CCCO1. The number of carbonyl (C=O) groups excluding carboxylic acids is 1. The van der Waals surface area contributed by atoms with Crippen molar-refractivity contribution in [3.05, 3.63) is 11.3 Å². The van der Waals surface area contributed by atoms with Gasteiger partial charge in [0.05, 0.1) is 14.2 Å². The lowest BCUT2D eigenvalue weighted by Gasteiger charge is -2.41. The van der Waals surface area contributed by atoms with Crippen molar-refractivity contribution in [1.29, 1.82) is 0 Å². The Morgan fingerprint density at radius 3 is 1.90 bits per heavy atom. The van der Waals surface area contributed by atoms with Crippen LogP contribution in [0.5, 0.6) is 0 Å². The molecule has 0 amide bonds. The van der Waals surface area contributed by atoms with Gasteiger partial charge in [0.25, 0.3) is 0 Å². The van der Waals surface area contributed by atoms with Crippen molar-refractivity contribution < 1.29 is 9.53 Å². The summed E-state index contributed by atoms with van der Waals surface area (Å²) in [5.74, 6) is 0.204. The fourth-order valence-corrected chi connectivity index (χ4v) is 9.94. The van der Waals surface area contributed by atoms with E-state index in [1.54, 1.807) is 6.92 Å². The average molecular weight is 297 g/mol. The number of Topliss-reactive ketones (excluding diaryl/α,β-unsaturated/α-hetero) is 1. The van der Waals surface area contributed by atoms with Crippen LogP contribution < -0.4 is 0 Å². The summed E-state index contributed by atoms with van der Waals surface area (Å²) in [6, 6.07) is 0. The maximum Gasteiger partial charge on any atom is 0.157 e. The van der Waals surface area contributed by atoms with Gasteiger partial charge in [-0.2, -0.15) is 0 Å². The van der Waals surface area contributed by atoms with Crippen molar-refractivity contribution in [2.45, 2.75) is 84.0 Å². The second-order valence-electron chi connectivity index (χ2n) is 7.12. The zero-order valence-electron chi connectivity index (χ0n) is 14.3. The Morgan fingerprint density at radius 1 is 1.10 bits per heavy atom. The van der Waals surface area contributed by atoms with Gasteiger partial charge in [0.2, 0.25) is 0 Å². The maximum absolute atomic E-state index is 12.2. The molecule has 0 aromatic rings. The monoisotopic (exact) mass is 296 g/mol. The summed E-state index contributed by atoms with van der Waals surface area (Å²) in [5.41, 5.74) is 5.28. The van der Waals surface area contributed by atoms with Crippen molar-refractivity contribution in [2.24, 2.45) is 0 Å². The molecule has 0 bridgehead atoms. The molecular weight excluding hydrogens is 264 g/mol. The van der Waals surface area contributed by atoms with E-state index in [9.17, 15) is 4.79 Å². The topological polar surface area (TPSA) is 26.3 Å². The summed E-state index contributed by atoms with van der Waals surface area (Å²) in [5, 5.41) is 0. The van der Waals surface area contributed by atoms with Crippen molar-refractivity contribution in [2.75, 3.05) is 6.61 Å². The van der Waals surface area contributed by atoms with Gasteiger partial charge in [-0.1, -0.05) is 47.2 Å². The molecule has 0 spiro atoms. The van der Waals surface area contributed by atoms with Gasteiger partial charge in [-0.15, -0.1) is 0 Å². The van der Waals surface area contributed by atoms with E-state index in [2.05, 4.69) is 47.2 Å². The molecule has 3 heteroatoms. The Labute approximate surface area is 126 Å². The Hall–Kier alpha value is -0.413. The van der Waals surface area contributed by atoms with Crippen LogP contribution in [-0.2, 0) is 9.53 Å². The van der Waals surface area contributed by atoms with Crippen LogP contribution in [0.2, 0.25) is 16.6 Å². The van der Waals surface area contributed by atoms with Gasteiger partial charge in [0.15, 0.2) is 5.78 Å². The minimum absolute atomic E-state index is 0.0515. The van der Waals surface area contributed by atoms with E-state index in [0.29, 0.717) is 16.6 Å². The zero-order valence-corrected chi connectivity index (χ0v) is 15.3. The number of ketones is 1. The quantitative estimate of drug-likeness (QED) is 0.515. The molecule has 1 heterocycles. The summed E-state index contributed by atoms with van der Waals surface area (Å²) in [7, 11) is -1.68. The summed E-state index contributed by atoms with van der Waals surface area (Å²) in [6.07, 6.45) is 2.13. The van der Waals surface area contributed by atoms with Gasteiger partial charge in [-0.25, -0.2) is 0 Å². The van der Waals surface area contributed by atoms with E-state index in [0.717, 1.165) is 25.0 Å². The van der Waals surface area contributed by atoms with E-state index in [1.165, 1.54) is 0 Å². The Kier molecular flexibility index (Phi) is 6.20. The summed E-state index contributed by atoms with van der Waals surface area (Å²) in [4.78, 5) is 12.2. The van der Waals surface area contributed by atoms with E-state index < -0.39 is 8.07 Å². The van der Waals surface area contributed by atoms with Crippen LogP contribution >= 0.6 is 0 Å². The summed E-state index contributed by atoms with van der Waals surface area (Å²) < 4.78 is 5.79. The van der Waals surface area contributed by atoms with E-state index in [1.807, 2.05) is 0 Å². The van der Waals surface area contributed by atoms with Crippen molar-refractivity contribution in [1.82, 2.24) is 0 Å². The zero-order chi connectivity index (χ0) is 15.5. The first-order chi connectivity index (χ1) is 9.23. The molecule has 2 nitrogen and oxygen atoms in total. The first-order valence-corrected chi connectivity index (χ1v) is 10.4. The first kappa shape index (κ1) is 17.6. The Bertz CT molecular complexity index is 341. The third-order valence-electron chi connectivity index (χ3n) is 5.09. The number of rotatable bonds is 6. The molecule has 1 atom stereocenters. The first-order valence-electron chi connectivity index (χ1n) is 8.08. The summed E-state index contributed by atoms with van der Waals surface area (Å²) in [6.45, 7) is 16.5. The van der Waals surface area contributed by atoms with Crippen LogP contribution in [0.4, 0.5) is 0 Å². The fourth-order valence-electron chi connectivity index (χ4n) is 4.01. The van der Waals surface area contributed by atoms with E-state index >= 15 is 0 Å². The van der Waals surface area contributed by atoms with Crippen LogP contribution in [0.1, 0.15) is 61.3 Å². The van der Waals surface area contributed by atoms with Gasteiger partial charge in [-0.05, 0) is 36.4 Å². The molecule has 1 rings (SSSR count). The Morgan fingerprint density at radius 2 is 1.60 bits per heavy atom. The molecule has 116 valence electrons. The molecule has 0 aliphatic carbocycles. The molecule has 1 fully saturated rings. The second kappa shape index (κ2) is 7.03. The highest BCUT2D eigenvalue weighted by Crippen LogP contribution is 2.43. The molecule has 0 aromatic heterocycles. The van der Waals surface area contributed by atoms with Crippen molar-refractivity contribution in [3.8, 4) is 0 Å². The molecule has 0 N–H and O–H groups in total. The lowest BCUT2D eigenvalue weighted by atomic mass is 10.1. The highest BCUT2D eigenvalue weighted by Gasteiger charge is 2.42. The van der Waals surface area contributed by atoms with E-state index in [4.69, 9.17) is 4.74 Å². The van der Waals surface area contributed by atoms with Gasteiger partial charge in [0.1, 0.15) is 0 Å². The highest BCUT2D eigenvalue weighted by molar-refractivity contribution is 6.88. The lowest BCUT2D eigenvalue weighted by Crippen LogP contribution is -2.44. The minimum atomic E-state index is -1.68. The number of hydrogen-bond acceptors (Lipinski definition) is 2. The molecule has 20 heavy (non-hydrogen) atoms. The molecular formula is C17H32O2Si. The number of carbonyl (C=O) groups is 1. The lowest BCUT2D eigenvalue weighted by molar-refractivity contribution is -0.114. The highest BCUT2D eigenvalue weighted by atomic mass is 28.3. The number of hydrogen-bond donors (Lipinski definition) is 0. The third kappa shape index (κ3) is 3.42. The predicted molar refractivity (Wildman–Crippen MR) is 88.8 cm³/mol. The third-order valence-corrected chi connectivity index (χ3v) is 11.9. The van der Waals surface area contributed by atoms with E-state index in [-0.39, 0.29) is 11.9 Å². The van der Waals surface area contributed by atoms with Crippen molar-refractivity contribution in [3.63, 3.8) is 0 Å². The van der Waals surface area contributed by atoms with Crippen LogP contribution in [0, 0.1) is 0 Å². The fraction of sp³-hybridized carbons (Fsp3) is 0.824. The maximum atomic E-state index is 12.2. The van der Waals surface area contributed by atoms with Crippen LogP contribution in [0.3, 0.4) is 0 Å². The predicted octanol–water partition coefficient (Wildman–Crippen LogP) is 4.90.